The summed E-state index contributed by atoms with van der Waals surface area (Å²) in [6.07, 6.45) is 2.16. The molecule has 1 N–H and O–H groups in total. The molecule has 0 unspecified atom stereocenters. The van der Waals surface area contributed by atoms with Gasteiger partial charge in [-0.3, -0.25) is 0 Å². The maximum atomic E-state index is 3.44. The van der Waals surface area contributed by atoms with Gasteiger partial charge in [-0.05, 0) is 36.1 Å². The molecule has 0 atom stereocenters. The highest BCUT2D eigenvalue weighted by molar-refractivity contribution is 5.80. The summed E-state index contributed by atoms with van der Waals surface area (Å²) >= 11 is 0. The van der Waals surface area contributed by atoms with Crippen LogP contribution in [0.4, 0.5) is 0 Å². The second-order valence-corrected chi connectivity index (χ2v) is 4.53. The Balaban J connectivity index is 2.24. The Labute approximate surface area is 97.3 Å². The minimum absolute atomic E-state index is 0.538. The number of nitrogens with one attached hydrogen (secondary N) is 1. The van der Waals surface area contributed by atoms with Crippen molar-refractivity contribution in [1.82, 2.24) is 9.88 Å². The van der Waals surface area contributed by atoms with Crippen LogP contribution in [0.25, 0.3) is 10.9 Å². The molecular formula is C14H20N2. The molecule has 1 aromatic heterocycles. The summed E-state index contributed by atoms with van der Waals surface area (Å²) < 4.78 is 2.27. The summed E-state index contributed by atoms with van der Waals surface area (Å²) in [4.78, 5) is 0. The zero-order valence-electron chi connectivity index (χ0n) is 10.3. The molecule has 1 heterocycles. The number of hydrogen-bond acceptors (Lipinski definition) is 1. The fraction of sp³-hybridized carbons (Fsp3) is 0.429. The van der Waals surface area contributed by atoms with Crippen molar-refractivity contribution in [3.8, 4) is 0 Å². The lowest BCUT2D eigenvalue weighted by atomic mass is 10.1. The van der Waals surface area contributed by atoms with Gasteiger partial charge < -0.3 is 9.88 Å². The Bertz CT molecular complexity index is 469. The third-order valence-corrected chi connectivity index (χ3v) is 2.89. The monoisotopic (exact) mass is 216 g/mol. The molecule has 1 aromatic carbocycles. The Morgan fingerprint density at radius 1 is 1.25 bits per heavy atom. The number of aromatic nitrogens is 1. The third-order valence-electron chi connectivity index (χ3n) is 2.89. The Morgan fingerprint density at radius 2 is 2.06 bits per heavy atom. The van der Waals surface area contributed by atoms with E-state index in [0.29, 0.717) is 6.04 Å². The Hall–Kier alpha value is -1.28. The lowest BCUT2D eigenvalue weighted by Gasteiger charge is -2.08. The number of aryl methyl sites for hydroxylation is 1. The number of nitrogens with zero attached hydrogens (tertiary/aromatic N) is 1. The van der Waals surface area contributed by atoms with E-state index in [1.54, 1.807) is 0 Å². The van der Waals surface area contributed by atoms with Crippen molar-refractivity contribution in [2.45, 2.75) is 39.9 Å². The number of fused-ring (bicyclic) bond motifs is 1. The van der Waals surface area contributed by atoms with Gasteiger partial charge in [0.15, 0.2) is 0 Å². The van der Waals surface area contributed by atoms with Crippen molar-refractivity contribution in [2.24, 2.45) is 0 Å². The standard InChI is InChI=1S/C14H20N2/c1-4-16-8-7-13-9-12(5-6-14(13)16)10-15-11(2)3/h5-9,11,15H,4,10H2,1-3H3. The molecule has 0 radical (unpaired) electrons. The van der Waals surface area contributed by atoms with Crippen LogP contribution in [-0.2, 0) is 13.1 Å². The summed E-state index contributed by atoms with van der Waals surface area (Å²) in [5, 5.41) is 4.78. The highest BCUT2D eigenvalue weighted by Crippen LogP contribution is 2.17. The first-order valence-corrected chi connectivity index (χ1v) is 6.02. The van der Waals surface area contributed by atoms with Crippen LogP contribution in [0.5, 0.6) is 0 Å². The van der Waals surface area contributed by atoms with Gasteiger partial charge in [0.05, 0.1) is 0 Å². The van der Waals surface area contributed by atoms with E-state index in [9.17, 15) is 0 Å². The van der Waals surface area contributed by atoms with E-state index in [2.05, 4.69) is 61.1 Å². The van der Waals surface area contributed by atoms with Crippen LogP contribution < -0.4 is 5.32 Å². The van der Waals surface area contributed by atoms with Crippen LogP contribution >= 0.6 is 0 Å². The van der Waals surface area contributed by atoms with Crippen LogP contribution in [-0.4, -0.2) is 10.6 Å². The summed E-state index contributed by atoms with van der Waals surface area (Å²) in [6.45, 7) is 8.50. The van der Waals surface area contributed by atoms with E-state index in [-0.39, 0.29) is 0 Å². The van der Waals surface area contributed by atoms with Gasteiger partial charge in [0.2, 0.25) is 0 Å². The molecule has 2 rings (SSSR count). The van der Waals surface area contributed by atoms with E-state index < -0.39 is 0 Å². The van der Waals surface area contributed by atoms with E-state index in [1.165, 1.54) is 16.5 Å². The molecule has 86 valence electrons. The van der Waals surface area contributed by atoms with Crippen LogP contribution in [0, 0.1) is 0 Å². The third kappa shape index (κ3) is 2.27. The molecule has 2 aromatic rings. The normalized spacial score (nSPS) is 11.5. The van der Waals surface area contributed by atoms with Gasteiger partial charge in [0, 0.05) is 30.8 Å². The fourth-order valence-electron chi connectivity index (χ4n) is 1.96. The maximum absolute atomic E-state index is 3.44. The zero-order valence-corrected chi connectivity index (χ0v) is 10.3. The molecule has 0 spiro atoms. The summed E-state index contributed by atoms with van der Waals surface area (Å²) in [5.74, 6) is 0. The van der Waals surface area contributed by atoms with Gasteiger partial charge in [-0.25, -0.2) is 0 Å². The fourth-order valence-corrected chi connectivity index (χ4v) is 1.96. The molecule has 0 bridgehead atoms. The predicted octanol–water partition coefficient (Wildman–Crippen LogP) is 3.16. The smallest absolute Gasteiger partial charge is 0.0480 e. The van der Waals surface area contributed by atoms with Crippen LogP contribution in [0.1, 0.15) is 26.3 Å². The molecular weight excluding hydrogens is 196 g/mol. The molecule has 2 heteroatoms. The molecule has 2 nitrogen and oxygen atoms in total. The number of benzene rings is 1. The van der Waals surface area contributed by atoms with Gasteiger partial charge in [0.1, 0.15) is 0 Å². The molecule has 0 amide bonds. The first-order chi connectivity index (χ1) is 7.70. The van der Waals surface area contributed by atoms with Gasteiger partial charge in [-0.15, -0.1) is 0 Å². The molecule has 0 aliphatic heterocycles. The van der Waals surface area contributed by atoms with Crippen LogP contribution in [0.3, 0.4) is 0 Å². The van der Waals surface area contributed by atoms with Crippen molar-refractivity contribution < 1.29 is 0 Å². The Morgan fingerprint density at radius 3 is 2.75 bits per heavy atom. The van der Waals surface area contributed by atoms with Gasteiger partial charge in [-0.1, -0.05) is 19.9 Å². The SMILES string of the molecule is CCn1ccc2cc(CNC(C)C)ccc21. The molecule has 16 heavy (non-hydrogen) atoms. The first kappa shape index (κ1) is 11.2. The van der Waals surface area contributed by atoms with E-state index >= 15 is 0 Å². The molecule has 0 aliphatic carbocycles. The van der Waals surface area contributed by atoms with Crippen LogP contribution in [0.15, 0.2) is 30.5 Å². The lowest BCUT2D eigenvalue weighted by Crippen LogP contribution is -2.21. The summed E-state index contributed by atoms with van der Waals surface area (Å²) in [5.41, 5.74) is 2.69. The molecule has 0 saturated heterocycles. The van der Waals surface area contributed by atoms with Crippen molar-refractivity contribution in [3.63, 3.8) is 0 Å². The highest BCUT2D eigenvalue weighted by Gasteiger charge is 2.01. The van der Waals surface area contributed by atoms with Gasteiger partial charge in [0.25, 0.3) is 0 Å². The Kier molecular flexibility index (Phi) is 3.30. The van der Waals surface area contributed by atoms with Gasteiger partial charge in [-0.2, -0.15) is 0 Å². The van der Waals surface area contributed by atoms with E-state index in [4.69, 9.17) is 0 Å². The largest absolute Gasteiger partial charge is 0.348 e. The molecule has 0 aliphatic rings. The topological polar surface area (TPSA) is 17.0 Å². The number of hydrogen-bond donors (Lipinski definition) is 1. The van der Waals surface area contributed by atoms with Gasteiger partial charge >= 0.3 is 0 Å². The molecule has 0 saturated carbocycles. The van der Waals surface area contributed by atoms with Crippen molar-refractivity contribution in [2.75, 3.05) is 0 Å². The summed E-state index contributed by atoms with van der Waals surface area (Å²) in [6, 6.07) is 9.44. The summed E-state index contributed by atoms with van der Waals surface area (Å²) in [7, 11) is 0. The van der Waals surface area contributed by atoms with E-state index in [0.717, 1.165) is 13.1 Å². The van der Waals surface area contributed by atoms with Crippen molar-refractivity contribution >= 4 is 10.9 Å². The second-order valence-electron chi connectivity index (χ2n) is 4.53. The second kappa shape index (κ2) is 4.71. The average Bonchev–Trinajstić information content (AvgIpc) is 2.68. The average molecular weight is 216 g/mol. The zero-order chi connectivity index (χ0) is 11.5. The quantitative estimate of drug-likeness (QED) is 0.830. The first-order valence-electron chi connectivity index (χ1n) is 6.02. The maximum Gasteiger partial charge on any atom is 0.0480 e. The van der Waals surface area contributed by atoms with Crippen molar-refractivity contribution in [3.05, 3.63) is 36.0 Å². The van der Waals surface area contributed by atoms with E-state index in [1.807, 2.05) is 0 Å². The minimum Gasteiger partial charge on any atom is -0.348 e. The minimum atomic E-state index is 0.538. The van der Waals surface area contributed by atoms with Crippen molar-refractivity contribution in [1.29, 1.82) is 0 Å². The predicted molar refractivity (Wildman–Crippen MR) is 69.6 cm³/mol. The molecule has 0 fully saturated rings. The van der Waals surface area contributed by atoms with Crippen LogP contribution in [0.2, 0.25) is 0 Å². The number of rotatable bonds is 4. The lowest BCUT2D eigenvalue weighted by molar-refractivity contribution is 0.589. The highest BCUT2D eigenvalue weighted by atomic mass is 14.9.